The molecular weight excluding hydrogens is 268 g/mol. The van der Waals surface area contributed by atoms with Crippen LogP contribution < -0.4 is 22.3 Å². The summed E-state index contributed by atoms with van der Waals surface area (Å²) in [4.78, 5) is 0. The van der Waals surface area contributed by atoms with E-state index in [9.17, 15) is 0 Å². The number of thiocarbonyl (C=S) groups is 2. The van der Waals surface area contributed by atoms with E-state index < -0.39 is 0 Å². The highest BCUT2D eigenvalue weighted by Gasteiger charge is 2.05. The van der Waals surface area contributed by atoms with Gasteiger partial charge in [0.25, 0.3) is 0 Å². The van der Waals surface area contributed by atoms with Crippen molar-refractivity contribution in [3.05, 3.63) is 0 Å². The maximum atomic E-state index is 5.33. The van der Waals surface area contributed by atoms with Gasteiger partial charge in [-0.15, -0.1) is 0 Å². The van der Waals surface area contributed by atoms with Gasteiger partial charge in [-0.2, -0.15) is 10.2 Å². The van der Waals surface area contributed by atoms with Crippen molar-refractivity contribution in [3.63, 3.8) is 0 Å². The fraction of sp³-hybridized carbons (Fsp3) is 0.600. The Kier molecular flexibility index (Phi) is 9.03. The summed E-state index contributed by atoms with van der Waals surface area (Å²) in [7, 11) is 0. The second-order valence-electron chi connectivity index (χ2n) is 3.66. The lowest BCUT2D eigenvalue weighted by atomic mass is 10.1. The zero-order chi connectivity index (χ0) is 14.0. The van der Waals surface area contributed by atoms with Gasteiger partial charge in [0.1, 0.15) is 0 Å². The smallest absolute Gasteiger partial charge is 0.184 e. The Morgan fingerprint density at radius 2 is 1.61 bits per heavy atom. The normalized spacial score (nSPS) is 12.1. The predicted octanol–water partition coefficient (Wildman–Crippen LogP) is 0.965. The van der Waals surface area contributed by atoms with E-state index in [-0.39, 0.29) is 10.2 Å². The van der Waals surface area contributed by atoms with Gasteiger partial charge in [-0.3, -0.25) is 10.9 Å². The molecule has 102 valence electrons. The molecule has 0 aromatic heterocycles. The Bertz CT molecular complexity index is 350. The monoisotopic (exact) mass is 288 g/mol. The van der Waals surface area contributed by atoms with Crippen LogP contribution in [0.25, 0.3) is 0 Å². The van der Waals surface area contributed by atoms with E-state index in [1.807, 2.05) is 6.92 Å². The molecule has 0 aliphatic carbocycles. The lowest BCUT2D eigenvalue weighted by Gasteiger charge is -2.07. The zero-order valence-electron chi connectivity index (χ0n) is 10.7. The van der Waals surface area contributed by atoms with Crippen molar-refractivity contribution in [2.24, 2.45) is 21.7 Å². The molecule has 0 aromatic carbocycles. The third-order valence-electron chi connectivity index (χ3n) is 2.07. The largest absolute Gasteiger partial charge is 0.375 e. The Balaban J connectivity index is 4.62. The average Bonchev–Trinajstić information content (AvgIpc) is 2.30. The third-order valence-corrected chi connectivity index (χ3v) is 2.25. The van der Waals surface area contributed by atoms with Gasteiger partial charge in [0.2, 0.25) is 0 Å². The van der Waals surface area contributed by atoms with E-state index in [0.717, 1.165) is 31.4 Å². The van der Waals surface area contributed by atoms with Crippen molar-refractivity contribution in [1.82, 2.24) is 10.9 Å². The van der Waals surface area contributed by atoms with Crippen LogP contribution in [0.3, 0.4) is 0 Å². The molecule has 0 saturated carbocycles. The molecule has 0 aromatic rings. The number of hydrogen-bond acceptors (Lipinski definition) is 4. The topological polar surface area (TPSA) is 101 Å². The number of nitrogens with one attached hydrogen (secondary N) is 2. The number of nitrogens with zero attached hydrogens (tertiary/aromatic N) is 2. The molecule has 6 nitrogen and oxygen atoms in total. The molecule has 0 rings (SSSR count). The van der Waals surface area contributed by atoms with Crippen LogP contribution in [0.1, 0.15) is 39.5 Å². The van der Waals surface area contributed by atoms with Crippen LogP contribution in [0.5, 0.6) is 0 Å². The fourth-order valence-corrected chi connectivity index (χ4v) is 1.28. The zero-order valence-corrected chi connectivity index (χ0v) is 12.3. The Morgan fingerprint density at radius 3 is 2.11 bits per heavy atom. The number of hydrogen-bond donors (Lipinski definition) is 4. The minimum absolute atomic E-state index is 0.115. The predicted molar refractivity (Wildman–Crippen MR) is 84.5 cm³/mol. The highest BCUT2D eigenvalue weighted by atomic mass is 32.1. The van der Waals surface area contributed by atoms with Gasteiger partial charge < -0.3 is 11.5 Å². The van der Waals surface area contributed by atoms with Crippen molar-refractivity contribution in [2.75, 3.05) is 0 Å². The maximum Gasteiger partial charge on any atom is 0.184 e. The summed E-state index contributed by atoms with van der Waals surface area (Å²) in [5.74, 6) is 0. The van der Waals surface area contributed by atoms with Crippen LogP contribution in [0, 0.1) is 0 Å². The van der Waals surface area contributed by atoms with Crippen molar-refractivity contribution in [2.45, 2.75) is 39.5 Å². The summed E-state index contributed by atoms with van der Waals surface area (Å²) in [6.07, 6.45) is 4.07. The second kappa shape index (κ2) is 9.72. The van der Waals surface area contributed by atoms with Crippen LogP contribution in [0.15, 0.2) is 10.2 Å². The van der Waals surface area contributed by atoms with E-state index >= 15 is 0 Å². The summed E-state index contributed by atoms with van der Waals surface area (Å²) in [6.45, 7) is 3.96. The Hall–Kier alpha value is -1.28. The van der Waals surface area contributed by atoms with Gasteiger partial charge in [-0.25, -0.2) is 0 Å². The lowest BCUT2D eigenvalue weighted by molar-refractivity contribution is 0.741. The highest BCUT2D eigenvalue weighted by Crippen LogP contribution is 2.02. The molecule has 0 saturated heterocycles. The van der Waals surface area contributed by atoms with Crippen molar-refractivity contribution >= 4 is 46.1 Å². The first kappa shape index (κ1) is 16.7. The van der Waals surface area contributed by atoms with Gasteiger partial charge in [-0.1, -0.05) is 19.8 Å². The van der Waals surface area contributed by atoms with E-state index in [1.165, 1.54) is 0 Å². The number of unbranched alkanes of at least 4 members (excludes halogenated alkanes) is 2. The molecule has 0 radical (unpaired) electrons. The third kappa shape index (κ3) is 8.82. The Labute approximate surface area is 118 Å². The molecular formula is C10H20N6S2. The Morgan fingerprint density at radius 1 is 1.06 bits per heavy atom. The first-order chi connectivity index (χ1) is 8.47. The quantitative estimate of drug-likeness (QED) is 0.241. The highest BCUT2D eigenvalue weighted by molar-refractivity contribution is 7.80. The molecule has 0 bridgehead atoms. The van der Waals surface area contributed by atoms with Crippen LogP contribution in [-0.4, -0.2) is 21.6 Å². The lowest BCUT2D eigenvalue weighted by Crippen LogP contribution is -2.29. The average molecular weight is 288 g/mol. The summed E-state index contributed by atoms with van der Waals surface area (Å²) in [5, 5.41) is 8.38. The molecule has 0 aliphatic heterocycles. The summed E-state index contributed by atoms with van der Waals surface area (Å²) in [5.41, 5.74) is 17.2. The standard InChI is InChI=1S/C10H20N6S2/c1-3-4-5-6-8(14-16-10(12)18)7(2)13-15-9(11)17/h3-6H2,1-2H3,(H3,11,15,17)(H3,12,16,18)/b13-7+,14-8+. The molecule has 0 spiro atoms. The van der Waals surface area contributed by atoms with Crippen LogP contribution in [0.4, 0.5) is 0 Å². The molecule has 0 atom stereocenters. The van der Waals surface area contributed by atoms with Gasteiger partial charge in [0.05, 0.1) is 11.4 Å². The molecule has 0 aliphatic rings. The van der Waals surface area contributed by atoms with E-state index in [0.29, 0.717) is 5.71 Å². The van der Waals surface area contributed by atoms with E-state index in [4.69, 9.17) is 23.7 Å². The second-order valence-corrected chi connectivity index (χ2v) is 4.54. The van der Waals surface area contributed by atoms with Crippen LogP contribution in [0.2, 0.25) is 0 Å². The van der Waals surface area contributed by atoms with Gasteiger partial charge in [-0.05, 0) is 44.2 Å². The molecule has 0 fully saturated rings. The van der Waals surface area contributed by atoms with Crippen molar-refractivity contribution < 1.29 is 0 Å². The molecule has 8 heteroatoms. The molecule has 6 N–H and O–H groups in total. The van der Waals surface area contributed by atoms with E-state index in [2.05, 4.69) is 40.2 Å². The SMILES string of the molecule is CCCCCC(=N\NC(N)=S)/C(C)=N/NC(N)=S. The maximum absolute atomic E-state index is 5.33. The van der Waals surface area contributed by atoms with Gasteiger partial charge >= 0.3 is 0 Å². The van der Waals surface area contributed by atoms with Crippen LogP contribution >= 0.6 is 24.4 Å². The molecule has 18 heavy (non-hydrogen) atoms. The fourth-order valence-electron chi connectivity index (χ4n) is 1.19. The number of hydrazone groups is 2. The molecule has 0 amide bonds. The van der Waals surface area contributed by atoms with Gasteiger partial charge in [0, 0.05) is 0 Å². The summed E-state index contributed by atoms with van der Waals surface area (Å²) >= 11 is 9.38. The summed E-state index contributed by atoms with van der Waals surface area (Å²) in [6, 6.07) is 0. The van der Waals surface area contributed by atoms with E-state index in [1.54, 1.807) is 0 Å². The van der Waals surface area contributed by atoms with Crippen LogP contribution in [-0.2, 0) is 0 Å². The first-order valence-corrected chi connectivity index (χ1v) is 6.51. The van der Waals surface area contributed by atoms with Gasteiger partial charge in [0.15, 0.2) is 10.2 Å². The first-order valence-electron chi connectivity index (χ1n) is 5.69. The minimum Gasteiger partial charge on any atom is -0.375 e. The number of nitrogens with two attached hydrogens (primary N) is 2. The summed E-state index contributed by atoms with van der Waals surface area (Å²) < 4.78 is 0. The minimum atomic E-state index is 0.115. The number of rotatable bonds is 7. The van der Waals surface area contributed by atoms with Crippen molar-refractivity contribution in [1.29, 1.82) is 0 Å². The van der Waals surface area contributed by atoms with Crippen molar-refractivity contribution in [3.8, 4) is 0 Å². The molecule has 0 unspecified atom stereocenters. The molecule has 0 heterocycles.